The van der Waals surface area contributed by atoms with Crippen LogP contribution in [0.5, 0.6) is 5.75 Å². The zero-order valence-electron chi connectivity index (χ0n) is 16.5. The highest BCUT2D eigenvalue weighted by atomic mass is 32.2. The third-order valence-electron chi connectivity index (χ3n) is 5.38. The largest absolute Gasteiger partial charge is 0.545 e. The van der Waals surface area contributed by atoms with Crippen molar-refractivity contribution < 1.29 is 46.0 Å². The zero-order chi connectivity index (χ0) is 24.3. The molecule has 2 unspecified atom stereocenters. The van der Waals surface area contributed by atoms with E-state index in [1.807, 2.05) is 0 Å². The van der Waals surface area contributed by atoms with Crippen LogP contribution in [0, 0.1) is 5.92 Å². The van der Waals surface area contributed by atoms with Gasteiger partial charge in [0, 0.05) is 29.0 Å². The third-order valence-corrected chi connectivity index (χ3v) is 7.27. The Bertz CT molecular complexity index is 1510. The normalized spacial score (nSPS) is 20.1. The van der Waals surface area contributed by atoms with Crippen LogP contribution in [0.3, 0.4) is 0 Å². The van der Waals surface area contributed by atoms with Gasteiger partial charge in [-0.15, -0.1) is 0 Å². The van der Waals surface area contributed by atoms with Gasteiger partial charge in [-0.1, -0.05) is 36.4 Å². The van der Waals surface area contributed by atoms with Crippen LogP contribution in [0.25, 0.3) is 0 Å². The molecule has 172 valence electrons. The molecule has 2 aliphatic rings. The Morgan fingerprint density at radius 2 is 1.70 bits per heavy atom. The molecule has 0 radical (unpaired) electrons. The molecular weight excluding hydrogens is 476 g/mol. The number of nitrogen functional groups attached to an aromatic ring is 1. The van der Waals surface area contributed by atoms with Crippen LogP contribution in [0.4, 0.5) is 5.69 Å². The molecule has 2 aromatic carbocycles. The molecule has 11 nitrogen and oxygen atoms in total. The summed E-state index contributed by atoms with van der Waals surface area (Å²) in [5.74, 6) is -4.58. The van der Waals surface area contributed by atoms with Gasteiger partial charge >= 0.3 is 10.1 Å². The summed E-state index contributed by atoms with van der Waals surface area (Å²) in [6, 6.07) is 8.23. The summed E-state index contributed by atoms with van der Waals surface area (Å²) in [5, 5.41) is 17.6. The number of carbonyl (C=O) groups excluding carboxylic acids is 1. The minimum Gasteiger partial charge on any atom is -0.545 e. The van der Waals surface area contributed by atoms with Crippen molar-refractivity contribution in [2.75, 3.05) is 5.73 Å². The van der Waals surface area contributed by atoms with Crippen molar-refractivity contribution in [2.24, 2.45) is 5.92 Å². The predicted molar refractivity (Wildman–Crippen MR) is 112 cm³/mol. The van der Waals surface area contributed by atoms with Gasteiger partial charge in [0.15, 0.2) is 10.6 Å². The van der Waals surface area contributed by atoms with E-state index in [0.717, 1.165) is 0 Å². The molecule has 0 saturated heterocycles. The molecule has 6 N–H and O–H groups in total. The molecule has 0 bridgehead atoms. The van der Waals surface area contributed by atoms with Crippen LogP contribution < -0.4 is 21.0 Å². The topological polar surface area (TPSA) is 210 Å². The lowest BCUT2D eigenvalue weighted by atomic mass is 9.74. The highest BCUT2D eigenvalue weighted by Crippen LogP contribution is 2.52. The first-order valence-corrected chi connectivity index (χ1v) is 12.1. The van der Waals surface area contributed by atoms with Gasteiger partial charge in [-0.2, -0.15) is 16.8 Å². The SMILES string of the molecule is Nc1ccc2c(c1S(=O)(=O)O)OC1=C(S(=O)(=O)O)C(=[NH2+])C=CC1C2c1ccccc1C(=O)[O-]. The lowest BCUT2D eigenvalue weighted by Crippen LogP contribution is -2.45. The molecule has 0 spiro atoms. The molecular formula is C20H16N2O9S2. The van der Waals surface area contributed by atoms with Gasteiger partial charge in [0.2, 0.25) is 10.6 Å². The first-order valence-electron chi connectivity index (χ1n) is 9.23. The van der Waals surface area contributed by atoms with Crippen molar-refractivity contribution in [3.05, 3.63) is 75.9 Å². The Labute approximate surface area is 187 Å². The second-order valence-electron chi connectivity index (χ2n) is 7.34. The van der Waals surface area contributed by atoms with Crippen molar-refractivity contribution in [1.29, 1.82) is 0 Å². The van der Waals surface area contributed by atoms with Crippen molar-refractivity contribution in [3.8, 4) is 5.75 Å². The average Bonchev–Trinajstić information content (AvgIpc) is 2.69. The average molecular weight is 492 g/mol. The summed E-state index contributed by atoms with van der Waals surface area (Å²) >= 11 is 0. The van der Waals surface area contributed by atoms with Gasteiger partial charge in [-0.3, -0.25) is 14.5 Å². The van der Waals surface area contributed by atoms with E-state index in [9.17, 15) is 35.8 Å². The number of aromatic carboxylic acids is 1. The van der Waals surface area contributed by atoms with Gasteiger partial charge in [0.1, 0.15) is 5.76 Å². The minimum atomic E-state index is -4.98. The van der Waals surface area contributed by atoms with Crippen molar-refractivity contribution in [2.45, 2.75) is 10.8 Å². The Kier molecular flexibility index (Phi) is 5.16. The van der Waals surface area contributed by atoms with Gasteiger partial charge < -0.3 is 20.4 Å². The van der Waals surface area contributed by atoms with E-state index in [1.165, 1.54) is 48.6 Å². The van der Waals surface area contributed by atoms with Gasteiger partial charge in [-0.05, 0) is 11.6 Å². The molecule has 0 saturated carbocycles. The predicted octanol–water partition coefficient (Wildman–Crippen LogP) is -1.11. The van der Waals surface area contributed by atoms with Crippen LogP contribution in [0.15, 0.2) is 64.1 Å². The number of ether oxygens (including phenoxy) is 1. The molecule has 0 aromatic heterocycles. The number of carboxylic acid groups (broad SMARTS) is 1. The smallest absolute Gasteiger partial charge is 0.304 e. The molecule has 0 fully saturated rings. The second-order valence-corrected chi connectivity index (χ2v) is 10.1. The summed E-state index contributed by atoms with van der Waals surface area (Å²) in [6.07, 6.45) is 2.64. The van der Waals surface area contributed by atoms with Crippen LogP contribution in [0.2, 0.25) is 0 Å². The number of allylic oxidation sites excluding steroid dienone is 3. The van der Waals surface area contributed by atoms with Crippen molar-refractivity contribution in [1.82, 2.24) is 0 Å². The number of hydrogen-bond donors (Lipinski definition) is 4. The zero-order valence-corrected chi connectivity index (χ0v) is 18.1. The van der Waals surface area contributed by atoms with Gasteiger partial charge in [0.25, 0.3) is 10.1 Å². The highest BCUT2D eigenvalue weighted by molar-refractivity contribution is 7.91. The Balaban J connectivity index is 2.17. The maximum atomic E-state index is 12.1. The van der Waals surface area contributed by atoms with Crippen LogP contribution in [-0.2, 0) is 20.2 Å². The maximum absolute atomic E-state index is 12.1. The van der Waals surface area contributed by atoms with E-state index >= 15 is 0 Å². The lowest BCUT2D eigenvalue weighted by molar-refractivity contribution is -0.255. The summed E-state index contributed by atoms with van der Waals surface area (Å²) in [5.41, 5.74) is 4.95. The van der Waals surface area contributed by atoms with Crippen LogP contribution >= 0.6 is 0 Å². The molecule has 0 amide bonds. The minimum absolute atomic E-state index is 0.0964. The van der Waals surface area contributed by atoms with E-state index in [2.05, 4.69) is 0 Å². The summed E-state index contributed by atoms with van der Waals surface area (Å²) in [7, 11) is -9.95. The molecule has 1 aliphatic heterocycles. The van der Waals surface area contributed by atoms with Gasteiger partial charge in [0.05, 0.1) is 11.7 Å². The number of rotatable bonds is 4. The number of benzene rings is 2. The van der Waals surface area contributed by atoms with Crippen LogP contribution in [0.1, 0.15) is 27.4 Å². The summed E-state index contributed by atoms with van der Waals surface area (Å²) < 4.78 is 73.7. The molecule has 2 atom stereocenters. The quantitative estimate of drug-likeness (QED) is 0.298. The van der Waals surface area contributed by atoms with Crippen LogP contribution in [-0.4, -0.2) is 37.6 Å². The molecule has 13 heteroatoms. The third kappa shape index (κ3) is 3.70. The van der Waals surface area contributed by atoms with Crippen molar-refractivity contribution in [3.63, 3.8) is 0 Å². The first kappa shape index (κ1) is 22.7. The summed E-state index contributed by atoms with van der Waals surface area (Å²) in [4.78, 5) is 10.1. The molecule has 4 rings (SSSR count). The van der Waals surface area contributed by atoms with Crippen molar-refractivity contribution >= 4 is 37.6 Å². The van der Waals surface area contributed by atoms with E-state index in [0.29, 0.717) is 0 Å². The first-order chi connectivity index (χ1) is 15.3. The number of carbonyl (C=O) groups is 1. The molecule has 1 aliphatic carbocycles. The second kappa shape index (κ2) is 7.52. The van der Waals surface area contributed by atoms with E-state index in [-0.39, 0.29) is 16.7 Å². The molecule has 33 heavy (non-hydrogen) atoms. The number of hydrogen-bond acceptors (Lipinski definition) is 8. The molecule has 2 aromatic rings. The summed E-state index contributed by atoms with van der Waals surface area (Å²) in [6.45, 7) is 0. The maximum Gasteiger partial charge on any atom is 0.304 e. The Hall–Kier alpha value is -3.52. The highest BCUT2D eigenvalue weighted by Gasteiger charge is 2.45. The number of fused-ring (bicyclic) bond motifs is 2. The van der Waals surface area contributed by atoms with E-state index < -0.39 is 70.7 Å². The molecule has 1 heterocycles. The number of nitrogens with two attached hydrogens (primary N) is 2. The van der Waals surface area contributed by atoms with E-state index in [1.54, 1.807) is 0 Å². The number of carboxylic acids is 1. The fourth-order valence-corrected chi connectivity index (χ4v) is 5.70. The Morgan fingerprint density at radius 1 is 1.03 bits per heavy atom. The lowest BCUT2D eigenvalue weighted by Gasteiger charge is -2.37. The number of anilines is 1. The van der Waals surface area contributed by atoms with E-state index in [4.69, 9.17) is 15.9 Å². The monoisotopic (exact) mass is 492 g/mol. The fraction of sp³-hybridized carbons (Fsp3) is 0.100. The Morgan fingerprint density at radius 3 is 2.30 bits per heavy atom. The fourth-order valence-electron chi connectivity index (χ4n) is 4.14. The standard InChI is InChI=1S/C20H16N2O9S2/c21-13-7-5-11-15(9-3-1-2-4-10(9)20(23)24)12-6-8-14(22)19(33(28,29)30)17(12)31-16(11)18(13)32(25,26)27/h1-8,11,15,21H,22H2,(H,23,24)(H,25,26,27)(H,28,29,30). The van der Waals surface area contributed by atoms with Gasteiger partial charge in [-0.25, -0.2) is 0 Å².